The summed E-state index contributed by atoms with van der Waals surface area (Å²) in [4.78, 5) is 12.8. The highest BCUT2D eigenvalue weighted by Gasteiger charge is 2.39. The van der Waals surface area contributed by atoms with Gasteiger partial charge in [-0.05, 0) is 41.8 Å². The number of rotatable bonds is 6. The number of para-hydroxylation sites is 1. The Morgan fingerprint density at radius 2 is 1.55 bits per heavy atom. The molecule has 0 spiro atoms. The molecular weight excluding hydrogens is 432 g/mol. The Kier molecular flexibility index (Phi) is 6.11. The van der Waals surface area contributed by atoms with E-state index in [9.17, 15) is 13.2 Å². The topological polar surface area (TPSA) is 66.5 Å². The third-order valence-corrected chi connectivity index (χ3v) is 7.10. The summed E-state index contributed by atoms with van der Waals surface area (Å²) in [6.07, 6.45) is 2.04. The average Bonchev–Trinajstić information content (AvgIpc) is 2.78. The monoisotopic (exact) mass is 452 g/mol. The molecule has 0 aromatic heterocycles. The van der Waals surface area contributed by atoms with Crippen LogP contribution in [0.3, 0.4) is 0 Å². The van der Waals surface area contributed by atoms with Crippen LogP contribution in [0.2, 0.25) is 5.02 Å². The van der Waals surface area contributed by atoms with Gasteiger partial charge in [0.1, 0.15) is 0 Å². The lowest BCUT2D eigenvalue weighted by molar-refractivity contribution is 0.104. The Labute approximate surface area is 187 Å². The van der Waals surface area contributed by atoms with E-state index in [1.165, 1.54) is 10.5 Å². The van der Waals surface area contributed by atoms with Crippen LogP contribution in [-0.2, 0) is 23.0 Å². The lowest BCUT2D eigenvalue weighted by atomic mass is 10.1. The molecular formula is C24H21ClN2O3S. The van der Waals surface area contributed by atoms with Crippen molar-refractivity contribution in [3.8, 4) is 0 Å². The van der Waals surface area contributed by atoms with Crippen molar-refractivity contribution >= 4 is 33.1 Å². The van der Waals surface area contributed by atoms with Gasteiger partial charge < -0.3 is 5.32 Å². The maximum atomic E-state index is 13.4. The molecule has 0 unspecified atom stereocenters. The van der Waals surface area contributed by atoms with Crippen molar-refractivity contribution < 1.29 is 13.2 Å². The fraction of sp³-hybridized carbons (Fsp3) is 0.125. The molecule has 0 saturated carbocycles. The first-order valence-electron chi connectivity index (χ1n) is 9.85. The van der Waals surface area contributed by atoms with Crippen LogP contribution in [0.1, 0.15) is 21.5 Å². The van der Waals surface area contributed by atoms with Gasteiger partial charge in [-0.15, -0.1) is 0 Å². The number of sulfonamides is 1. The van der Waals surface area contributed by atoms with E-state index in [2.05, 4.69) is 5.32 Å². The van der Waals surface area contributed by atoms with Gasteiger partial charge in [0, 0.05) is 23.3 Å². The smallest absolute Gasteiger partial charge is 0.270 e. The van der Waals surface area contributed by atoms with E-state index >= 15 is 0 Å². The fourth-order valence-electron chi connectivity index (χ4n) is 3.47. The highest BCUT2D eigenvalue weighted by molar-refractivity contribution is 7.97. The standard InChI is InChI=1S/C24H21ClN2O3S/c25-20-12-10-19(11-13-20)17-27-22-9-5-4-8-21(22)24(28)23(31(27,29)30)16-26-15-14-18-6-2-1-3-7-18/h1-13,16,26H,14-15,17H2. The van der Waals surface area contributed by atoms with Gasteiger partial charge in [-0.3, -0.25) is 9.10 Å². The molecule has 0 amide bonds. The zero-order valence-electron chi connectivity index (χ0n) is 16.7. The highest BCUT2D eigenvalue weighted by atomic mass is 35.5. The molecule has 0 fully saturated rings. The molecule has 0 atom stereocenters. The Hall–Kier alpha value is -3.09. The number of hydrogen-bond donors (Lipinski definition) is 1. The van der Waals surface area contributed by atoms with Crippen molar-refractivity contribution in [3.05, 3.63) is 112 Å². The first kappa shape index (κ1) is 21.2. The number of nitrogens with zero attached hydrogens (tertiary/aromatic N) is 1. The van der Waals surface area contributed by atoms with E-state index in [1.807, 2.05) is 30.3 Å². The third kappa shape index (κ3) is 4.50. The van der Waals surface area contributed by atoms with E-state index in [-0.39, 0.29) is 11.4 Å². The predicted molar refractivity (Wildman–Crippen MR) is 124 cm³/mol. The van der Waals surface area contributed by atoms with Gasteiger partial charge >= 0.3 is 0 Å². The van der Waals surface area contributed by atoms with E-state index < -0.39 is 15.8 Å². The van der Waals surface area contributed by atoms with Crippen molar-refractivity contribution in [2.75, 3.05) is 10.8 Å². The van der Waals surface area contributed by atoms with E-state index in [1.54, 1.807) is 48.5 Å². The number of anilines is 1. The number of ketones is 1. The van der Waals surface area contributed by atoms with Gasteiger partial charge in [0.2, 0.25) is 5.78 Å². The minimum atomic E-state index is -4.03. The Morgan fingerprint density at radius 3 is 2.29 bits per heavy atom. The predicted octanol–water partition coefficient (Wildman–Crippen LogP) is 4.55. The molecule has 0 saturated heterocycles. The summed E-state index contributed by atoms with van der Waals surface area (Å²) in [6, 6.07) is 23.6. The molecule has 3 aromatic rings. The second-order valence-corrected chi connectivity index (χ2v) is 9.45. The number of benzene rings is 3. The fourth-order valence-corrected chi connectivity index (χ4v) is 5.15. The van der Waals surface area contributed by atoms with Crippen molar-refractivity contribution in [2.45, 2.75) is 13.0 Å². The highest BCUT2D eigenvalue weighted by Crippen LogP contribution is 2.36. The van der Waals surface area contributed by atoms with Crippen LogP contribution in [-0.4, -0.2) is 20.7 Å². The minimum Gasteiger partial charge on any atom is -0.389 e. The molecule has 5 nitrogen and oxygen atoms in total. The van der Waals surface area contributed by atoms with Crippen molar-refractivity contribution in [2.24, 2.45) is 0 Å². The zero-order chi connectivity index (χ0) is 21.8. The number of carbonyl (C=O) groups excluding carboxylic acids is 1. The summed E-state index contributed by atoms with van der Waals surface area (Å²) in [5.41, 5.74) is 2.64. The second kappa shape index (κ2) is 8.96. The number of carbonyl (C=O) groups is 1. The van der Waals surface area contributed by atoms with Crippen LogP contribution < -0.4 is 9.62 Å². The first-order valence-corrected chi connectivity index (χ1v) is 11.7. The molecule has 0 bridgehead atoms. The van der Waals surface area contributed by atoms with E-state index in [0.29, 0.717) is 29.2 Å². The number of allylic oxidation sites excluding steroid dienone is 1. The first-order chi connectivity index (χ1) is 15.0. The van der Waals surface area contributed by atoms with Gasteiger partial charge in [-0.2, -0.15) is 0 Å². The number of hydrogen-bond acceptors (Lipinski definition) is 4. The molecule has 31 heavy (non-hydrogen) atoms. The molecule has 158 valence electrons. The number of halogens is 1. The largest absolute Gasteiger partial charge is 0.389 e. The SMILES string of the molecule is O=C1C(=CNCCc2ccccc2)S(=O)(=O)N(Cc2ccc(Cl)cc2)c2ccccc21. The Bertz CT molecular complexity index is 1220. The zero-order valence-corrected chi connectivity index (χ0v) is 18.2. The van der Waals surface area contributed by atoms with Gasteiger partial charge in [0.25, 0.3) is 10.0 Å². The van der Waals surface area contributed by atoms with Crippen molar-refractivity contribution in [3.63, 3.8) is 0 Å². The maximum Gasteiger partial charge on any atom is 0.270 e. The molecule has 7 heteroatoms. The lowest BCUT2D eigenvalue weighted by Gasteiger charge is -2.31. The molecule has 1 heterocycles. The molecule has 1 N–H and O–H groups in total. The van der Waals surface area contributed by atoms with Crippen LogP contribution in [0, 0.1) is 0 Å². The molecule has 0 aliphatic carbocycles. The van der Waals surface area contributed by atoms with E-state index in [0.717, 1.165) is 11.1 Å². The van der Waals surface area contributed by atoms with Crippen molar-refractivity contribution in [1.82, 2.24) is 5.32 Å². The average molecular weight is 453 g/mol. The summed E-state index contributed by atoms with van der Waals surface area (Å²) in [5.74, 6) is -0.504. The number of fused-ring (bicyclic) bond motifs is 1. The molecule has 4 rings (SSSR count). The minimum absolute atomic E-state index is 0.102. The molecule has 0 radical (unpaired) electrons. The summed E-state index contributed by atoms with van der Waals surface area (Å²) in [6.45, 7) is 0.611. The van der Waals surface area contributed by atoms with E-state index in [4.69, 9.17) is 11.6 Å². The van der Waals surface area contributed by atoms with Crippen LogP contribution in [0.4, 0.5) is 5.69 Å². The molecule has 1 aliphatic heterocycles. The van der Waals surface area contributed by atoms with Crippen molar-refractivity contribution in [1.29, 1.82) is 0 Å². The summed E-state index contributed by atoms with van der Waals surface area (Å²) >= 11 is 5.96. The van der Waals surface area contributed by atoms with Gasteiger partial charge in [-0.25, -0.2) is 8.42 Å². The number of nitrogens with one attached hydrogen (secondary N) is 1. The third-order valence-electron chi connectivity index (χ3n) is 5.08. The van der Waals surface area contributed by atoms with Crippen LogP contribution in [0.25, 0.3) is 0 Å². The Morgan fingerprint density at radius 1 is 0.871 bits per heavy atom. The normalized spacial score (nSPS) is 16.2. The molecule has 1 aliphatic rings. The lowest BCUT2D eigenvalue weighted by Crippen LogP contribution is -2.39. The summed E-state index contributed by atoms with van der Waals surface area (Å²) in [5, 5.41) is 3.58. The van der Waals surface area contributed by atoms with Gasteiger partial charge in [0.15, 0.2) is 4.91 Å². The quantitative estimate of drug-likeness (QED) is 0.440. The van der Waals surface area contributed by atoms with Crippen LogP contribution in [0.5, 0.6) is 0 Å². The summed E-state index contributed by atoms with van der Waals surface area (Å²) < 4.78 is 28.1. The maximum absolute atomic E-state index is 13.4. The van der Waals surface area contributed by atoms with Gasteiger partial charge in [-0.1, -0.05) is 66.2 Å². The molecule has 3 aromatic carbocycles. The van der Waals surface area contributed by atoms with Gasteiger partial charge in [0.05, 0.1) is 12.2 Å². The van der Waals surface area contributed by atoms with Crippen LogP contribution >= 0.6 is 11.6 Å². The van der Waals surface area contributed by atoms with Crippen LogP contribution in [0.15, 0.2) is 90.0 Å². The summed E-state index contributed by atoms with van der Waals surface area (Å²) in [7, 11) is -4.03. The second-order valence-electron chi connectivity index (χ2n) is 7.18. The number of Topliss-reactive ketones (excluding diaryl/α,β-unsaturated/α-hetero) is 1. The Balaban J connectivity index is 1.63.